The summed E-state index contributed by atoms with van der Waals surface area (Å²) in [6, 6.07) is 17.4. The van der Waals surface area contributed by atoms with Gasteiger partial charge in [0, 0.05) is 18.9 Å². The number of ether oxygens (including phenoxy) is 1. The number of rotatable bonds is 11. The van der Waals surface area contributed by atoms with Crippen LogP contribution in [0.3, 0.4) is 0 Å². The lowest BCUT2D eigenvalue weighted by molar-refractivity contribution is -0.139. The van der Waals surface area contributed by atoms with Crippen molar-refractivity contribution in [2.45, 2.75) is 44.1 Å². The lowest BCUT2D eigenvalue weighted by Gasteiger charge is -2.20. The van der Waals surface area contributed by atoms with Gasteiger partial charge in [-0.1, -0.05) is 48.5 Å². The van der Waals surface area contributed by atoms with Crippen molar-refractivity contribution in [3.05, 3.63) is 59.7 Å². The Kier molecular flexibility index (Phi) is 7.66. The van der Waals surface area contributed by atoms with Gasteiger partial charge in [-0.2, -0.15) is 5.26 Å². The number of aliphatic carboxylic acids is 1. The molecule has 1 saturated carbocycles. The van der Waals surface area contributed by atoms with Gasteiger partial charge in [0.1, 0.15) is 12.6 Å². The van der Waals surface area contributed by atoms with Crippen LogP contribution < -0.4 is 10.6 Å². The summed E-state index contributed by atoms with van der Waals surface area (Å²) in [5.74, 6) is -1.80. The highest BCUT2D eigenvalue weighted by Gasteiger charge is 2.43. The predicted octanol–water partition coefficient (Wildman–Crippen LogP) is 3.81. The lowest BCUT2D eigenvalue weighted by atomic mass is 9.98. The van der Waals surface area contributed by atoms with Gasteiger partial charge in [-0.25, -0.2) is 4.79 Å². The number of fused-ring (bicyclic) bond motifs is 3. The number of carboxylic acid groups (broad SMARTS) is 1. The molecule has 3 atom stereocenters. The van der Waals surface area contributed by atoms with E-state index in [1.807, 2.05) is 36.4 Å². The number of nitrogens with one attached hydrogen (secondary N) is 2. The molecule has 1 fully saturated rings. The first-order chi connectivity index (χ1) is 17.0. The molecule has 2 aromatic carbocycles. The van der Waals surface area contributed by atoms with Gasteiger partial charge < -0.3 is 20.5 Å². The number of hydrogen-bond acceptors (Lipinski definition) is 5. The molecule has 2 aliphatic carbocycles. The van der Waals surface area contributed by atoms with Crippen molar-refractivity contribution in [3.63, 3.8) is 0 Å². The molecule has 1 unspecified atom stereocenters. The van der Waals surface area contributed by atoms with E-state index in [0.717, 1.165) is 22.3 Å². The van der Waals surface area contributed by atoms with Gasteiger partial charge in [0.25, 0.3) is 0 Å². The number of nitriles is 1. The Morgan fingerprint density at radius 3 is 2.31 bits per heavy atom. The summed E-state index contributed by atoms with van der Waals surface area (Å²) in [6.45, 7) is 0.405. The Hall–Kier alpha value is -3.86. The minimum Gasteiger partial charge on any atom is -0.481 e. The second-order valence-corrected chi connectivity index (χ2v) is 9.11. The summed E-state index contributed by atoms with van der Waals surface area (Å²) in [5.41, 5.74) is 4.47. The van der Waals surface area contributed by atoms with E-state index in [0.29, 0.717) is 32.1 Å². The van der Waals surface area contributed by atoms with Crippen molar-refractivity contribution in [1.29, 1.82) is 5.26 Å². The molecular formula is C27H29N3O5. The van der Waals surface area contributed by atoms with Crippen molar-refractivity contribution in [1.82, 2.24) is 10.6 Å². The minimum absolute atomic E-state index is 0.0786. The van der Waals surface area contributed by atoms with Gasteiger partial charge in [-0.15, -0.1) is 0 Å². The fourth-order valence-electron chi connectivity index (χ4n) is 4.73. The van der Waals surface area contributed by atoms with Crippen LogP contribution >= 0.6 is 0 Å². The number of unbranched alkanes of at least 4 members (excludes halogenated alkanes) is 2. The first-order valence-electron chi connectivity index (χ1n) is 12.0. The molecule has 35 heavy (non-hydrogen) atoms. The zero-order valence-corrected chi connectivity index (χ0v) is 19.4. The van der Waals surface area contributed by atoms with Gasteiger partial charge in [0.2, 0.25) is 5.91 Å². The molecule has 2 amide bonds. The molecule has 0 bridgehead atoms. The second kappa shape index (κ2) is 11.0. The summed E-state index contributed by atoms with van der Waals surface area (Å²) < 4.78 is 5.57. The Morgan fingerprint density at radius 2 is 1.71 bits per heavy atom. The van der Waals surface area contributed by atoms with Crippen LogP contribution in [-0.2, 0) is 14.3 Å². The van der Waals surface area contributed by atoms with Crippen LogP contribution in [0.2, 0.25) is 0 Å². The maximum absolute atomic E-state index is 12.7. The van der Waals surface area contributed by atoms with E-state index in [1.54, 1.807) is 0 Å². The fourth-order valence-corrected chi connectivity index (χ4v) is 4.73. The molecule has 3 N–H and O–H groups in total. The molecule has 0 aliphatic heterocycles. The molecule has 8 heteroatoms. The van der Waals surface area contributed by atoms with Crippen molar-refractivity contribution in [3.8, 4) is 17.2 Å². The third-order valence-electron chi connectivity index (χ3n) is 6.76. The van der Waals surface area contributed by atoms with Gasteiger partial charge in [0.15, 0.2) is 0 Å². The van der Waals surface area contributed by atoms with Crippen molar-refractivity contribution < 1.29 is 24.2 Å². The van der Waals surface area contributed by atoms with Crippen LogP contribution in [0.5, 0.6) is 0 Å². The fraction of sp³-hybridized carbons (Fsp3) is 0.407. The summed E-state index contributed by atoms with van der Waals surface area (Å²) >= 11 is 0. The van der Waals surface area contributed by atoms with E-state index in [-0.39, 0.29) is 30.9 Å². The number of hydrogen-bond donors (Lipinski definition) is 3. The van der Waals surface area contributed by atoms with Crippen molar-refractivity contribution >= 4 is 18.0 Å². The summed E-state index contributed by atoms with van der Waals surface area (Å²) in [7, 11) is 0. The molecule has 0 radical (unpaired) electrons. The largest absolute Gasteiger partial charge is 0.481 e. The van der Waals surface area contributed by atoms with E-state index in [4.69, 9.17) is 15.1 Å². The van der Waals surface area contributed by atoms with Crippen LogP contribution in [0, 0.1) is 23.2 Å². The Labute approximate surface area is 204 Å². The highest BCUT2D eigenvalue weighted by atomic mass is 16.5. The van der Waals surface area contributed by atoms with Crippen LogP contribution in [-0.4, -0.2) is 42.3 Å². The number of alkyl carbamates (subject to hydrolysis) is 1. The minimum atomic E-state index is -0.853. The molecular weight excluding hydrogens is 446 g/mol. The Bertz CT molecular complexity index is 1100. The number of carbonyl (C=O) groups is 3. The normalized spacial score (nSPS) is 18.5. The third-order valence-corrected chi connectivity index (χ3v) is 6.76. The number of benzene rings is 2. The smallest absolute Gasteiger partial charge is 0.407 e. The Morgan fingerprint density at radius 1 is 1.06 bits per heavy atom. The maximum atomic E-state index is 12.7. The van der Waals surface area contributed by atoms with Gasteiger partial charge in [-0.3, -0.25) is 9.59 Å². The zero-order chi connectivity index (χ0) is 24.8. The van der Waals surface area contributed by atoms with Crippen LogP contribution in [0.4, 0.5) is 4.79 Å². The third kappa shape index (κ3) is 5.80. The standard InChI is InChI=1S/C27H29N3O5/c28-13-7-1-2-12-24(25(31)29-15-17-14-22(17)26(32)33)30-27(34)35-16-23-20-10-5-3-8-18(20)19-9-4-6-11-21(19)23/h3-6,8-11,17,22-24H,1-2,7,12,14-16H2,(H,29,31)(H,30,34)(H,32,33)/t17-,22-,24?/m1/s1. The molecule has 0 spiro atoms. The number of amides is 2. The predicted molar refractivity (Wildman–Crippen MR) is 128 cm³/mol. The molecule has 2 aliphatic rings. The van der Waals surface area contributed by atoms with E-state index >= 15 is 0 Å². The first-order valence-corrected chi connectivity index (χ1v) is 12.0. The van der Waals surface area contributed by atoms with Crippen LogP contribution in [0.25, 0.3) is 11.1 Å². The maximum Gasteiger partial charge on any atom is 0.407 e. The molecule has 2 aromatic rings. The topological polar surface area (TPSA) is 129 Å². The van der Waals surface area contributed by atoms with Gasteiger partial charge in [0.05, 0.1) is 12.0 Å². The summed E-state index contributed by atoms with van der Waals surface area (Å²) in [5, 5.41) is 23.2. The van der Waals surface area contributed by atoms with Crippen molar-refractivity contribution in [2.75, 3.05) is 13.2 Å². The van der Waals surface area contributed by atoms with E-state index in [9.17, 15) is 14.4 Å². The number of carbonyl (C=O) groups excluding carboxylic acids is 2. The van der Waals surface area contributed by atoms with E-state index < -0.39 is 24.0 Å². The molecule has 0 heterocycles. The average Bonchev–Trinajstić information content (AvgIpc) is 3.59. The zero-order valence-electron chi connectivity index (χ0n) is 19.4. The van der Waals surface area contributed by atoms with Crippen LogP contribution in [0.15, 0.2) is 48.5 Å². The summed E-state index contributed by atoms with van der Waals surface area (Å²) in [4.78, 5) is 36.4. The molecule has 0 saturated heterocycles. The number of carboxylic acids is 1. The lowest BCUT2D eigenvalue weighted by Crippen LogP contribution is -2.47. The first kappa shape index (κ1) is 24.3. The Balaban J connectivity index is 1.34. The average molecular weight is 476 g/mol. The number of nitrogens with zero attached hydrogens (tertiary/aromatic N) is 1. The SMILES string of the molecule is N#CCCCCC(NC(=O)OCC1c2ccccc2-c2ccccc21)C(=O)NC[C@H]1C[C@H]1C(=O)O. The monoisotopic (exact) mass is 475 g/mol. The molecule has 0 aromatic heterocycles. The highest BCUT2D eigenvalue weighted by Crippen LogP contribution is 2.44. The van der Waals surface area contributed by atoms with E-state index in [1.165, 1.54) is 0 Å². The quantitative estimate of drug-likeness (QED) is 0.424. The molecule has 4 rings (SSSR count). The second-order valence-electron chi connectivity index (χ2n) is 9.11. The molecule has 8 nitrogen and oxygen atoms in total. The highest BCUT2D eigenvalue weighted by molar-refractivity contribution is 5.86. The summed E-state index contributed by atoms with van der Waals surface area (Å²) in [6.07, 6.45) is 1.82. The van der Waals surface area contributed by atoms with Crippen LogP contribution in [0.1, 0.15) is 49.1 Å². The van der Waals surface area contributed by atoms with Gasteiger partial charge >= 0.3 is 12.1 Å². The van der Waals surface area contributed by atoms with Crippen molar-refractivity contribution in [2.24, 2.45) is 11.8 Å². The molecule has 182 valence electrons. The van der Waals surface area contributed by atoms with Gasteiger partial charge in [-0.05, 0) is 53.9 Å². The van der Waals surface area contributed by atoms with E-state index in [2.05, 4.69) is 28.8 Å².